The van der Waals surface area contributed by atoms with E-state index in [9.17, 15) is 4.79 Å². The van der Waals surface area contributed by atoms with Gasteiger partial charge in [0.1, 0.15) is 6.04 Å². The summed E-state index contributed by atoms with van der Waals surface area (Å²) in [6.07, 6.45) is 6.88. The topological polar surface area (TPSA) is 38.3 Å². The molecule has 0 unspecified atom stereocenters. The lowest BCUT2D eigenvalue weighted by atomic mass is 9.87. The first kappa shape index (κ1) is 13.0. The van der Waals surface area contributed by atoms with Gasteiger partial charge < -0.3 is 10.1 Å². The van der Waals surface area contributed by atoms with Gasteiger partial charge in [-0.05, 0) is 38.6 Å². The van der Waals surface area contributed by atoms with Crippen molar-refractivity contribution in [3.8, 4) is 0 Å². The Bertz CT molecular complexity index is 284. The van der Waals surface area contributed by atoms with Crippen LogP contribution in [0.5, 0.6) is 0 Å². The monoisotopic (exact) mass is 223 g/mol. The molecule has 0 spiro atoms. The summed E-state index contributed by atoms with van der Waals surface area (Å²) in [5.74, 6) is 0.427. The smallest absolute Gasteiger partial charge is 0.322 e. The van der Waals surface area contributed by atoms with Gasteiger partial charge in [0.2, 0.25) is 0 Å². The highest BCUT2D eigenvalue weighted by atomic mass is 16.5. The van der Waals surface area contributed by atoms with E-state index < -0.39 is 0 Å². The molecule has 0 aromatic heterocycles. The van der Waals surface area contributed by atoms with Crippen molar-refractivity contribution < 1.29 is 9.53 Å². The lowest BCUT2D eigenvalue weighted by Gasteiger charge is -2.28. The van der Waals surface area contributed by atoms with Crippen LogP contribution in [-0.2, 0) is 9.53 Å². The summed E-state index contributed by atoms with van der Waals surface area (Å²) in [4.78, 5) is 11.4. The largest absolute Gasteiger partial charge is 0.468 e. The maximum absolute atomic E-state index is 11.4. The Balaban J connectivity index is 2.47. The molecular formula is C13H21NO2. The van der Waals surface area contributed by atoms with Gasteiger partial charge in [-0.15, -0.1) is 0 Å². The van der Waals surface area contributed by atoms with E-state index in [-0.39, 0.29) is 12.0 Å². The van der Waals surface area contributed by atoms with E-state index in [1.807, 2.05) is 12.2 Å². The molecule has 1 saturated heterocycles. The minimum absolute atomic E-state index is 0.125. The van der Waals surface area contributed by atoms with E-state index in [0.29, 0.717) is 5.92 Å². The number of carbonyl (C=O) groups excluding carboxylic acids is 1. The van der Waals surface area contributed by atoms with E-state index in [1.54, 1.807) is 0 Å². The van der Waals surface area contributed by atoms with Crippen LogP contribution < -0.4 is 5.32 Å². The summed E-state index contributed by atoms with van der Waals surface area (Å²) in [5, 5.41) is 3.19. The van der Waals surface area contributed by atoms with E-state index in [1.165, 1.54) is 12.7 Å². The van der Waals surface area contributed by atoms with Crippen LogP contribution in [-0.4, -0.2) is 25.7 Å². The zero-order chi connectivity index (χ0) is 12.0. The molecule has 1 N–H and O–H groups in total. The fraction of sp³-hybridized carbons (Fsp3) is 0.615. The summed E-state index contributed by atoms with van der Waals surface area (Å²) >= 11 is 0. The molecule has 16 heavy (non-hydrogen) atoms. The Hall–Kier alpha value is -1.09. The molecule has 3 nitrogen and oxygen atoms in total. The predicted molar refractivity (Wildman–Crippen MR) is 65.1 cm³/mol. The number of methoxy groups -OCH3 is 1. The number of rotatable bonds is 4. The van der Waals surface area contributed by atoms with Gasteiger partial charge in [0.15, 0.2) is 0 Å². The molecule has 2 atom stereocenters. The zero-order valence-corrected chi connectivity index (χ0v) is 10.2. The van der Waals surface area contributed by atoms with Crippen LogP contribution in [0.2, 0.25) is 0 Å². The van der Waals surface area contributed by atoms with Crippen molar-refractivity contribution in [2.75, 3.05) is 13.7 Å². The SMILES string of the molecule is C=C/C=C(\C)C[C@H]1CCN[C@H](C(=O)OC)C1. The third-order valence-electron chi connectivity index (χ3n) is 3.01. The van der Waals surface area contributed by atoms with Crippen LogP contribution in [0.25, 0.3) is 0 Å². The number of allylic oxidation sites excluding steroid dienone is 3. The number of hydrogen-bond donors (Lipinski definition) is 1. The third-order valence-corrected chi connectivity index (χ3v) is 3.01. The summed E-state index contributed by atoms with van der Waals surface area (Å²) < 4.78 is 4.76. The van der Waals surface area contributed by atoms with Crippen LogP contribution >= 0.6 is 0 Å². The Morgan fingerprint density at radius 2 is 2.38 bits per heavy atom. The van der Waals surface area contributed by atoms with E-state index >= 15 is 0 Å². The van der Waals surface area contributed by atoms with Crippen molar-refractivity contribution in [3.63, 3.8) is 0 Å². The van der Waals surface area contributed by atoms with Crippen molar-refractivity contribution >= 4 is 5.97 Å². The molecule has 1 rings (SSSR count). The highest BCUT2D eigenvalue weighted by Gasteiger charge is 2.27. The highest BCUT2D eigenvalue weighted by Crippen LogP contribution is 2.23. The van der Waals surface area contributed by atoms with Crippen LogP contribution in [0.15, 0.2) is 24.3 Å². The van der Waals surface area contributed by atoms with Crippen LogP contribution in [0.4, 0.5) is 0 Å². The number of esters is 1. The molecule has 1 aliphatic rings. The second-order valence-electron chi connectivity index (χ2n) is 4.37. The summed E-state index contributed by atoms with van der Waals surface area (Å²) in [5.41, 5.74) is 1.32. The lowest BCUT2D eigenvalue weighted by Crippen LogP contribution is -2.44. The van der Waals surface area contributed by atoms with Gasteiger partial charge in [0.25, 0.3) is 0 Å². The molecule has 0 amide bonds. The van der Waals surface area contributed by atoms with E-state index in [2.05, 4.69) is 18.8 Å². The molecule has 1 aliphatic heterocycles. The molecule has 0 saturated carbocycles. The maximum Gasteiger partial charge on any atom is 0.322 e. The Labute approximate surface area is 97.6 Å². The normalized spacial score (nSPS) is 26.2. The quantitative estimate of drug-likeness (QED) is 0.585. The van der Waals surface area contributed by atoms with Crippen molar-refractivity contribution in [1.29, 1.82) is 0 Å². The Kier molecular flexibility index (Phi) is 5.26. The minimum Gasteiger partial charge on any atom is -0.468 e. The zero-order valence-electron chi connectivity index (χ0n) is 10.2. The molecule has 3 heteroatoms. The fourth-order valence-corrected chi connectivity index (χ4v) is 2.23. The molecule has 0 bridgehead atoms. The second-order valence-corrected chi connectivity index (χ2v) is 4.37. The van der Waals surface area contributed by atoms with Gasteiger partial charge >= 0.3 is 5.97 Å². The van der Waals surface area contributed by atoms with Gasteiger partial charge in [-0.25, -0.2) is 0 Å². The van der Waals surface area contributed by atoms with Gasteiger partial charge in [-0.2, -0.15) is 0 Å². The van der Waals surface area contributed by atoms with Gasteiger partial charge in [-0.1, -0.05) is 24.3 Å². The lowest BCUT2D eigenvalue weighted by molar-refractivity contribution is -0.144. The van der Waals surface area contributed by atoms with E-state index in [4.69, 9.17) is 4.74 Å². The molecule has 0 aliphatic carbocycles. The number of ether oxygens (including phenoxy) is 1. The van der Waals surface area contributed by atoms with Gasteiger partial charge in [0, 0.05) is 0 Å². The summed E-state index contributed by atoms with van der Waals surface area (Å²) in [6.45, 7) is 6.69. The van der Waals surface area contributed by atoms with E-state index in [0.717, 1.165) is 25.8 Å². The number of carbonyl (C=O) groups is 1. The molecule has 1 fully saturated rings. The van der Waals surface area contributed by atoms with Gasteiger partial charge in [-0.3, -0.25) is 4.79 Å². The average Bonchev–Trinajstić information content (AvgIpc) is 2.28. The fourth-order valence-electron chi connectivity index (χ4n) is 2.23. The summed E-state index contributed by atoms with van der Waals surface area (Å²) in [6, 6.07) is -0.125. The van der Waals surface area contributed by atoms with Crippen LogP contribution in [0.1, 0.15) is 26.2 Å². The molecular weight excluding hydrogens is 202 g/mol. The molecule has 0 radical (unpaired) electrons. The predicted octanol–water partition coefficient (Wildman–Crippen LogP) is 2.05. The van der Waals surface area contributed by atoms with Crippen molar-refractivity contribution in [3.05, 3.63) is 24.3 Å². The molecule has 0 aromatic rings. The standard InChI is InChI=1S/C13H21NO2/c1-4-5-10(2)8-11-6-7-14-12(9-11)13(15)16-3/h4-5,11-12,14H,1,6-9H2,2-3H3/b10-5+/t11-,12+/m1/s1. The minimum atomic E-state index is -0.143. The number of nitrogens with one attached hydrogen (secondary N) is 1. The first-order valence-electron chi connectivity index (χ1n) is 5.76. The van der Waals surface area contributed by atoms with Gasteiger partial charge in [0.05, 0.1) is 7.11 Å². The molecule has 0 aromatic carbocycles. The average molecular weight is 223 g/mol. The highest BCUT2D eigenvalue weighted by molar-refractivity contribution is 5.75. The Morgan fingerprint density at radius 1 is 1.62 bits per heavy atom. The van der Waals surface area contributed by atoms with Crippen molar-refractivity contribution in [2.24, 2.45) is 5.92 Å². The van der Waals surface area contributed by atoms with Crippen LogP contribution in [0.3, 0.4) is 0 Å². The van der Waals surface area contributed by atoms with Crippen molar-refractivity contribution in [1.82, 2.24) is 5.32 Å². The Morgan fingerprint density at radius 3 is 3.00 bits per heavy atom. The number of piperidine rings is 1. The van der Waals surface area contributed by atoms with Crippen LogP contribution in [0, 0.1) is 5.92 Å². The first-order chi connectivity index (χ1) is 7.67. The molecule has 90 valence electrons. The second kappa shape index (κ2) is 6.48. The van der Waals surface area contributed by atoms with Crippen molar-refractivity contribution in [2.45, 2.75) is 32.2 Å². The first-order valence-corrected chi connectivity index (χ1v) is 5.76. The molecule has 1 heterocycles. The third kappa shape index (κ3) is 3.81. The number of hydrogen-bond acceptors (Lipinski definition) is 3. The summed E-state index contributed by atoms with van der Waals surface area (Å²) in [7, 11) is 1.44. The maximum atomic E-state index is 11.4.